The fraction of sp³-hybridized carbons (Fsp3) is 0.800. The van der Waals surface area contributed by atoms with Gasteiger partial charge in [0.2, 0.25) is 5.13 Å². The quantitative estimate of drug-likeness (QED) is 0.821. The maximum absolute atomic E-state index is 5.81. The molecule has 1 aromatic rings. The van der Waals surface area contributed by atoms with E-state index in [0.29, 0.717) is 12.6 Å². The second kappa shape index (κ2) is 4.45. The van der Waals surface area contributed by atoms with Crippen LogP contribution in [0, 0.1) is 5.92 Å². The highest BCUT2D eigenvalue weighted by Gasteiger charge is 2.33. The molecule has 0 radical (unpaired) electrons. The standard InChI is InChI=1S/C10H18N4S/c1-3-9-12-10(15-13-9)14(2)8(6-11)7-4-5-7/h7-8H,3-6,11H2,1-2H3. The van der Waals surface area contributed by atoms with Gasteiger partial charge in [0.05, 0.1) is 0 Å². The lowest BCUT2D eigenvalue weighted by Crippen LogP contribution is -2.39. The van der Waals surface area contributed by atoms with Gasteiger partial charge in [0, 0.05) is 37.6 Å². The minimum atomic E-state index is 0.447. The minimum absolute atomic E-state index is 0.447. The zero-order valence-corrected chi connectivity index (χ0v) is 10.1. The molecule has 0 bridgehead atoms. The lowest BCUT2D eigenvalue weighted by atomic mass is 10.2. The van der Waals surface area contributed by atoms with Crippen LogP contribution in [0.3, 0.4) is 0 Å². The molecule has 1 saturated carbocycles. The smallest absolute Gasteiger partial charge is 0.205 e. The van der Waals surface area contributed by atoms with Crippen molar-refractivity contribution in [2.45, 2.75) is 32.2 Å². The Morgan fingerprint density at radius 2 is 2.33 bits per heavy atom. The summed E-state index contributed by atoms with van der Waals surface area (Å²) in [6.07, 6.45) is 3.53. The summed E-state index contributed by atoms with van der Waals surface area (Å²) in [4.78, 5) is 6.69. The normalized spacial score (nSPS) is 17.8. The third-order valence-electron chi connectivity index (χ3n) is 2.98. The lowest BCUT2D eigenvalue weighted by Gasteiger charge is -2.25. The second-order valence-electron chi connectivity index (χ2n) is 4.10. The molecule has 0 aromatic carbocycles. The van der Waals surface area contributed by atoms with Gasteiger partial charge in [-0.1, -0.05) is 6.92 Å². The van der Waals surface area contributed by atoms with Crippen LogP contribution in [0.25, 0.3) is 0 Å². The number of nitrogens with two attached hydrogens (primary N) is 1. The van der Waals surface area contributed by atoms with Crippen LogP contribution < -0.4 is 10.6 Å². The number of hydrogen-bond acceptors (Lipinski definition) is 5. The lowest BCUT2D eigenvalue weighted by molar-refractivity contribution is 0.569. The first-order valence-electron chi connectivity index (χ1n) is 5.51. The van der Waals surface area contributed by atoms with Crippen LogP contribution in [0.2, 0.25) is 0 Å². The average Bonchev–Trinajstić information content (AvgIpc) is 2.97. The Bertz CT molecular complexity index is 321. The molecule has 5 heteroatoms. The van der Waals surface area contributed by atoms with Crippen molar-refractivity contribution in [3.05, 3.63) is 5.82 Å². The molecule has 0 amide bonds. The molecule has 0 spiro atoms. The Hall–Kier alpha value is -0.680. The summed E-state index contributed by atoms with van der Waals surface area (Å²) in [6, 6.07) is 0.447. The van der Waals surface area contributed by atoms with Crippen LogP contribution in [0.1, 0.15) is 25.6 Å². The molecule has 4 nitrogen and oxygen atoms in total. The average molecular weight is 226 g/mol. The van der Waals surface area contributed by atoms with Gasteiger partial charge in [-0.05, 0) is 18.8 Å². The van der Waals surface area contributed by atoms with E-state index in [0.717, 1.165) is 23.3 Å². The highest BCUT2D eigenvalue weighted by atomic mass is 32.1. The molecule has 1 fully saturated rings. The van der Waals surface area contributed by atoms with Crippen molar-refractivity contribution in [1.82, 2.24) is 9.36 Å². The fourth-order valence-corrected chi connectivity index (χ4v) is 2.59. The largest absolute Gasteiger partial charge is 0.345 e. The highest BCUT2D eigenvalue weighted by molar-refractivity contribution is 7.09. The van der Waals surface area contributed by atoms with E-state index in [1.54, 1.807) is 0 Å². The molecule has 0 saturated heterocycles. The van der Waals surface area contributed by atoms with E-state index in [-0.39, 0.29) is 0 Å². The van der Waals surface area contributed by atoms with Crippen LogP contribution in [0.15, 0.2) is 0 Å². The van der Waals surface area contributed by atoms with Crippen LogP contribution in [-0.2, 0) is 6.42 Å². The van der Waals surface area contributed by atoms with Gasteiger partial charge in [0.1, 0.15) is 5.82 Å². The van der Waals surface area contributed by atoms with E-state index in [2.05, 4.69) is 28.2 Å². The SMILES string of the molecule is CCc1nsc(N(C)C(CN)C2CC2)n1. The predicted molar refractivity (Wildman–Crippen MR) is 63.3 cm³/mol. The Morgan fingerprint density at radius 1 is 1.60 bits per heavy atom. The van der Waals surface area contributed by atoms with Gasteiger partial charge in [-0.3, -0.25) is 0 Å². The van der Waals surface area contributed by atoms with Gasteiger partial charge in [-0.15, -0.1) is 0 Å². The monoisotopic (exact) mass is 226 g/mol. The molecular weight excluding hydrogens is 208 g/mol. The van der Waals surface area contributed by atoms with E-state index in [9.17, 15) is 0 Å². The number of nitrogens with zero attached hydrogens (tertiary/aromatic N) is 3. The first-order chi connectivity index (χ1) is 7.26. The number of aromatic nitrogens is 2. The molecule has 2 rings (SSSR count). The summed E-state index contributed by atoms with van der Waals surface area (Å²) in [5, 5.41) is 1.01. The fourth-order valence-electron chi connectivity index (χ4n) is 1.82. The maximum atomic E-state index is 5.81. The third kappa shape index (κ3) is 2.29. The molecule has 1 heterocycles. The van der Waals surface area contributed by atoms with Gasteiger partial charge < -0.3 is 10.6 Å². The van der Waals surface area contributed by atoms with Gasteiger partial charge in [0.25, 0.3) is 0 Å². The summed E-state index contributed by atoms with van der Waals surface area (Å²) < 4.78 is 4.30. The van der Waals surface area contributed by atoms with Crippen LogP contribution in [0.5, 0.6) is 0 Å². The minimum Gasteiger partial charge on any atom is -0.345 e. The van der Waals surface area contributed by atoms with Crippen molar-refractivity contribution in [1.29, 1.82) is 0 Å². The number of hydrogen-bond donors (Lipinski definition) is 1. The van der Waals surface area contributed by atoms with E-state index in [4.69, 9.17) is 5.73 Å². The van der Waals surface area contributed by atoms with Crippen molar-refractivity contribution in [2.24, 2.45) is 11.7 Å². The van der Waals surface area contributed by atoms with Crippen molar-refractivity contribution >= 4 is 16.7 Å². The number of anilines is 1. The molecule has 1 aliphatic carbocycles. The van der Waals surface area contributed by atoms with E-state index in [1.807, 2.05) is 0 Å². The number of aryl methyl sites for hydroxylation is 1. The van der Waals surface area contributed by atoms with Gasteiger partial charge >= 0.3 is 0 Å². The first kappa shape index (κ1) is 10.8. The molecular formula is C10H18N4S. The zero-order chi connectivity index (χ0) is 10.8. The second-order valence-corrected chi connectivity index (χ2v) is 4.83. The molecule has 1 aliphatic rings. The molecule has 2 N–H and O–H groups in total. The van der Waals surface area contributed by atoms with E-state index < -0.39 is 0 Å². The van der Waals surface area contributed by atoms with Gasteiger partial charge in [-0.25, -0.2) is 4.98 Å². The van der Waals surface area contributed by atoms with Crippen LogP contribution >= 0.6 is 11.5 Å². The van der Waals surface area contributed by atoms with Gasteiger partial charge in [-0.2, -0.15) is 4.37 Å². The van der Waals surface area contributed by atoms with Crippen molar-refractivity contribution < 1.29 is 0 Å². The topological polar surface area (TPSA) is 55.0 Å². The van der Waals surface area contributed by atoms with Crippen molar-refractivity contribution in [2.75, 3.05) is 18.5 Å². The van der Waals surface area contributed by atoms with E-state index >= 15 is 0 Å². The predicted octanol–water partition coefficient (Wildman–Crippen LogP) is 1.27. The molecule has 1 aromatic heterocycles. The van der Waals surface area contributed by atoms with Crippen molar-refractivity contribution in [3.63, 3.8) is 0 Å². The summed E-state index contributed by atoms with van der Waals surface area (Å²) in [5.41, 5.74) is 5.81. The molecule has 1 atom stereocenters. The van der Waals surface area contributed by atoms with Crippen LogP contribution in [-0.4, -0.2) is 29.0 Å². The number of rotatable bonds is 5. The molecule has 1 unspecified atom stereocenters. The summed E-state index contributed by atoms with van der Waals surface area (Å²) in [6.45, 7) is 2.79. The third-order valence-corrected chi connectivity index (χ3v) is 3.83. The van der Waals surface area contributed by atoms with E-state index in [1.165, 1.54) is 24.4 Å². The van der Waals surface area contributed by atoms with Gasteiger partial charge in [0.15, 0.2) is 0 Å². The Morgan fingerprint density at radius 3 is 2.80 bits per heavy atom. The Balaban J connectivity index is 2.07. The highest BCUT2D eigenvalue weighted by Crippen LogP contribution is 2.36. The van der Waals surface area contributed by atoms with Crippen LogP contribution in [0.4, 0.5) is 5.13 Å². The molecule has 84 valence electrons. The summed E-state index contributed by atoms with van der Waals surface area (Å²) >= 11 is 1.48. The summed E-state index contributed by atoms with van der Waals surface area (Å²) in [5.74, 6) is 1.71. The molecule has 0 aliphatic heterocycles. The Labute approximate surface area is 94.7 Å². The first-order valence-corrected chi connectivity index (χ1v) is 6.29. The number of likely N-dealkylation sites (N-methyl/N-ethyl adjacent to an activating group) is 1. The maximum Gasteiger partial charge on any atom is 0.205 e. The Kier molecular flexibility index (Phi) is 3.21. The summed E-state index contributed by atoms with van der Waals surface area (Å²) in [7, 11) is 2.08. The zero-order valence-electron chi connectivity index (χ0n) is 9.31. The molecule has 15 heavy (non-hydrogen) atoms. The van der Waals surface area contributed by atoms with Crippen molar-refractivity contribution in [3.8, 4) is 0 Å².